The van der Waals surface area contributed by atoms with Crippen molar-refractivity contribution in [2.24, 2.45) is 0 Å². The Balaban J connectivity index is 1.91. The van der Waals surface area contributed by atoms with Crippen LogP contribution in [-0.2, 0) is 4.79 Å². The number of carbonyl (C=O) groups excluding carboxylic acids is 1. The zero-order valence-corrected chi connectivity index (χ0v) is 13.4. The van der Waals surface area contributed by atoms with E-state index in [0.29, 0.717) is 23.6 Å². The number of aryl methyl sites for hydroxylation is 1. The van der Waals surface area contributed by atoms with E-state index in [4.69, 9.17) is 9.47 Å². The minimum Gasteiger partial charge on any atom is -0.494 e. The molecule has 0 aliphatic heterocycles. The second-order valence-electron chi connectivity index (χ2n) is 5.00. The summed E-state index contributed by atoms with van der Waals surface area (Å²) in [7, 11) is 0. The maximum atomic E-state index is 11.9. The van der Waals surface area contributed by atoms with E-state index in [1.165, 1.54) is 6.07 Å². The Morgan fingerprint density at radius 3 is 2.33 bits per heavy atom. The first-order valence-corrected chi connectivity index (χ1v) is 7.40. The third kappa shape index (κ3) is 4.70. The van der Waals surface area contributed by atoms with Crippen LogP contribution in [0.4, 0.5) is 11.4 Å². The number of rotatable bonds is 7. The van der Waals surface area contributed by atoms with E-state index < -0.39 is 10.8 Å². The van der Waals surface area contributed by atoms with Crippen LogP contribution in [0.2, 0.25) is 0 Å². The van der Waals surface area contributed by atoms with Crippen molar-refractivity contribution in [3.05, 3.63) is 58.1 Å². The van der Waals surface area contributed by atoms with E-state index in [0.717, 1.165) is 5.75 Å². The van der Waals surface area contributed by atoms with Crippen molar-refractivity contribution < 1.29 is 19.2 Å². The Labute approximate surface area is 139 Å². The Bertz CT molecular complexity index is 728. The molecule has 1 N–H and O–H groups in total. The second-order valence-corrected chi connectivity index (χ2v) is 5.00. The maximum Gasteiger partial charge on any atom is 0.274 e. The third-order valence-electron chi connectivity index (χ3n) is 3.19. The fourth-order valence-electron chi connectivity index (χ4n) is 2.03. The van der Waals surface area contributed by atoms with Crippen LogP contribution in [0.5, 0.6) is 11.5 Å². The van der Waals surface area contributed by atoms with Crippen LogP contribution < -0.4 is 14.8 Å². The molecule has 126 valence electrons. The summed E-state index contributed by atoms with van der Waals surface area (Å²) in [6.07, 6.45) is 0. The lowest BCUT2D eigenvalue weighted by molar-refractivity contribution is -0.385. The molecule has 0 aromatic heterocycles. The summed E-state index contributed by atoms with van der Waals surface area (Å²) < 4.78 is 10.7. The van der Waals surface area contributed by atoms with Gasteiger partial charge in [-0.1, -0.05) is 6.07 Å². The van der Waals surface area contributed by atoms with Gasteiger partial charge in [-0.15, -0.1) is 0 Å². The Morgan fingerprint density at radius 1 is 1.12 bits per heavy atom. The molecule has 7 nitrogen and oxygen atoms in total. The minimum absolute atomic E-state index is 0.0415. The molecule has 2 rings (SSSR count). The molecule has 0 saturated heterocycles. The molecule has 0 unspecified atom stereocenters. The van der Waals surface area contributed by atoms with E-state index in [2.05, 4.69) is 5.32 Å². The number of anilines is 1. The molecular weight excluding hydrogens is 312 g/mol. The number of nitro groups is 1. The summed E-state index contributed by atoms with van der Waals surface area (Å²) in [6.45, 7) is 3.91. The highest BCUT2D eigenvalue weighted by atomic mass is 16.6. The lowest BCUT2D eigenvalue weighted by Crippen LogP contribution is -2.20. The predicted molar refractivity (Wildman–Crippen MR) is 89.6 cm³/mol. The molecule has 0 saturated carbocycles. The lowest BCUT2D eigenvalue weighted by Gasteiger charge is -2.09. The number of amides is 1. The highest BCUT2D eigenvalue weighted by Gasteiger charge is 2.12. The van der Waals surface area contributed by atoms with Gasteiger partial charge in [-0.05, 0) is 44.2 Å². The van der Waals surface area contributed by atoms with Crippen LogP contribution in [0.15, 0.2) is 42.5 Å². The highest BCUT2D eigenvalue weighted by molar-refractivity contribution is 5.92. The molecule has 0 aliphatic rings. The molecule has 0 bridgehead atoms. The largest absolute Gasteiger partial charge is 0.494 e. The van der Waals surface area contributed by atoms with Crippen molar-refractivity contribution in [3.8, 4) is 11.5 Å². The van der Waals surface area contributed by atoms with Crippen molar-refractivity contribution in [1.29, 1.82) is 0 Å². The molecule has 0 atom stereocenters. The highest BCUT2D eigenvalue weighted by Crippen LogP contribution is 2.22. The summed E-state index contributed by atoms with van der Waals surface area (Å²) in [5, 5.41) is 13.5. The van der Waals surface area contributed by atoms with E-state index in [-0.39, 0.29) is 12.3 Å². The first kappa shape index (κ1) is 17.3. The summed E-state index contributed by atoms with van der Waals surface area (Å²) in [4.78, 5) is 22.3. The summed E-state index contributed by atoms with van der Waals surface area (Å²) in [6, 6.07) is 11.4. The lowest BCUT2D eigenvalue weighted by atomic mass is 10.2. The molecule has 24 heavy (non-hydrogen) atoms. The average molecular weight is 330 g/mol. The molecule has 0 radical (unpaired) electrons. The summed E-state index contributed by atoms with van der Waals surface area (Å²) in [5.41, 5.74) is 0.844. The number of benzene rings is 2. The quantitative estimate of drug-likeness (QED) is 0.621. The fraction of sp³-hybridized carbons (Fsp3) is 0.235. The van der Waals surface area contributed by atoms with E-state index in [1.54, 1.807) is 43.3 Å². The van der Waals surface area contributed by atoms with Gasteiger partial charge in [0.15, 0.2) is 6.61 Å². The van der Waals surface area contributed by atoms with Gasteiger partial charge in [0.05, 0.1) is 11.5 Å². The average Bonchev–Trinajstić information content (AvgIpc) is 2.56. The molecule has 2 aromatic carbocycles. The Morgan fingerprint density at radius 2 is 1.75 bits per heavy atom. The number of hydrogen-bond acceptors (Lipinski definition) is 5. The van der Waals surface area contributed by atoms with Crippen molar-refractivity contribution in [2.45, 2.75) is 13.8 Å². The monoisotopic (exact) mass is 330 g/mol. The van der Waals surface area contributed by atoms with Crippen LogP contribution >= 0.6 is 0 Å². The van der Waals surface area contributed by atoms with Crippen LogP contribution in [0.3, 0.4) is 0 Å². The smallest absolute Gasteiger partial charge is 0.274 e. The zero-order chi connectivity index (χ0) is 17.5. The van der Waals surface area contributed by atoms with Gasteiger partial charge in [-0.25, -0.2) is 0 Å². The first-order chi connectivity index (χ1) is 11.5. The molecule has 7 heteroatoms. The van der Waals surface area contributed by atoms with Crippen molar-refractivity contribution in [2.75, 3.05) is 18.5 Å². The molecule has 0 fully saturated rings. The van der Waals surface area contributed by atoms with Gasteiger partial charge in [0.2, 0.25) is 0 Å². The number of nitrogens with zero attached hydrogens (tertiary/aromatic N) is 1. The standard InChI is InChI=1S/C17H18N2O5/c1-3-23-14-6-8-15(9-7-14)24-11-17(20)18-13-5-4-12(2)16(10-13)19(21)22/h4-10H,3,11H2,1-2H3,(H,18,20). The van der Waals surface area contributed by atoms with Crippen LogP contribution in [-0.4, -0.2) is 24.0 Å². The third-order valence-corrected chi connectivity index (χ3v) is 3.19. The Hall–Kier alpha value is -3.09. The number of carbonyl (C=O) groups is 1. The number of nitrogens with one attached hydrogen (secondary N) is 1. The van der Waals surface area contributed by atoms with Gasteiger partial charge < -0.3 is 14.8 Å². The van der Waals surface area contributed by atoms with Gasteiger partial charge in [-0.2, -0.15) is 0 Å². The minimum atomic E-state index is -0.485. The van der Waals surface area contributed by atoms with Crippen molar-refractivity contribution in [1.82, 2.24) is 0 Å². The van der Waals surface area contributed by atoms with Gasteiger partial charge in [0.1, 0.15) is 11.5 Å². The molecule has 0 aliphatic carbocycles. The molecular formula is C17H18N2O5. The first-order valence-electron chi connectivity index (χ1n) is 7.40. The fourth-order valence-corrected chi connectivity index (χ4v) is 2.03. The normalized spacial score (nSPS) is 10.1. The molecule has 0 heterocycles. The number of hydrogen-bond donors (Lipinski definition) is 1. The SMILES string of the molecule is CCOc1ccc(OCC(=O)Nc2ccc(C)c([N+](=O)[O-])c2)cc1. The Kier molecular flexibility index (Phi) is 5.73. The molecule has 0 spiro atoms. The van der Waals surface area contributed by atoms with Gasteiger partial charge in [-0.3, -0.25) is 14.9 Å². The van der Waals surface area contributed by atoms with Crippen molar-refractivity contribution in [3.63, 3.8) is 0 Å². The van der Waals surface area contributed by atoms with Gasteiger partial charge >= 0.3 is 0 Å². The summed E-state index contributed by atoms with van der Waals surface area (Å²) >= 11 is 0. The van der Waals surface area contributed by atoms with Gasteiger partial charge in [0.25, 0.3) is 11.6 Å². The topological polar surface area (TPSA) is 90.7 Å². The zero-order valence-electron chi connectivity index (χ0n) is 13.4. The maximum absolute atomic E-state index is 11.9. The van der Waals surface area contributed by atoms with Crippen LogP contribution in [0.1, 0.15) is 12.5 Å². The van der Waals surface area contributed by atoms with Crippen LogP contribution in [0.25, 0.3) is 0 Å². The van der Waals surface area contributed by atoms with E-state index >= 15 is 0 Å². The number of ether oxygens (including phenoxy) is 2. The predicted octanol–water partition coefficient (Wildman–Crippen LogP) is 3.32. The van der Waals surface area contributed by atoms with Gasteiger partial charge in [0, 0.05) is 17.3 Å². The molecule has 2 aromatic rings. The summed E-state index contributed by atoms with van der Waals surface area (Å²) in [5.74, 6) is 0.854. The van der Waals surface area contributed by atoms with E-state index in [9.17, 15) is 14.9 Å². The van der Waals surface area contributed by atoms with Crippen molar-refractivity contribution >= 4 is 17.3 Å². The number of nitro benzene ring substituents is 1. The second kappa shape index (κ2) is 7.96. The van der Waals surface area contributed by atoms with E-state index in [1.807, 2.05) is 6.92 Å². The van der Waals surface area contributed by atoms with Crippen LogP contribution in [0, 0.1) is 17.0 Å². The molecule has 1 amide bonds.